The first-order chi connectivity index (χ1) is 8.29. The third kappa shape index (κ3) is 3.18. The van der Waals surface area contributed by atoms with Crippen LogP contribution in [0.5, 0.6) is 0 Å². The Balaban J connectivity index is 2.09. The van der Waals surface area contributed by atoms with Crippen molar-refractivity contribution in [1.29, 1.82) is 0 Å². The van der Waals surface area contributed by atoms with Crippen LogP contribution in [0, 0.1) is 0 Å². The number of hydrogen-bond donors (Lipinski definition) is 0. The van der Waals surface area contributed by atoms with Gasteiger partial charge in [-0.15, -0.1) is 0 Å². The third-order valence-electron chi connectivity index (χ3n) is 4.48. The molecule has 1 fully saturated rings. The van der Waals surface area contributed by atoms with E-state index in [0.29, 0.717) is 5.54 Å². The van der Waals surface area contributed by atoms with Crippen molar-refractivity contribution >= 4 is 13.3 Å². The van der Waals surface area contributed by atoms with Gasteiger partial charge in [0.1, 0.15) is 0 Å². The van der Waals surface area contributed by atoms with Gasteiger partial charge >= 0.3 is 115 Å². The molecule has 1 aliphatic heterocycles. The van der Waals surface area contributed by atoms with Gasteiger partial charge in [0.15, 0.2) is 0 Å². The Morgan fingerprint density at radius 1 is 1.17 bits per heavy atom. The van der Waals surface area contributed by atoms with Crippen molar-refractivity contribution in [3.05, 3.63) is 35.9 Å². The van der Waals surface area contributed by atoms with Crippen molar-refractivity contribution in [2.24, 2.45) is 0 Å². The Hall–Kier alpha value is -0.277. The van der Waals surface area contributed by atoms with E-state index in [0.717, 1.165) is 11.3 Å². The molecular weight excluding hydrogens is 279 g/mol. The number of benzene rings is 1. The summed E-state index contributed by atoms with van der Waals surface area (Å²) in [4.78, 5) is 2.70. The van der Waals surface area contributed by atoms with E-state index in [1.54, 1.807) is 0 Å². The molecule has 1 unspecified atom stereocenters. The van der Waals surface area contributed by atoms with E-state index in [9.17, 15) is 0 Å². The van der Waals surface area contributed by atoms with Crippen LogP contribution in [0.4, 0.5) is 0 Å². The minimum absolute atomic E-state index is 0.374. The van der Waals surface area contributed by atoms with E-state index >= 15 is 0 Å². The molecule has 1 aromatic rings. The zero-order valence-corrected chi connectivity index (χ0v) is 14.6. The Labute approximate surface area is 115 Å². The van der Waals surface area contributed by atoms with Gasteiger partial charge in [-0.2, -0.15) is 0 Å². The number of likely N-dealkylation sites (tertiary alicyclic amines) is 1. The maximum atomic E-state index is 2.70. The second-order valence-electron chi connectivity index (χ2n) is 7.45. The summed E-state index contributed by atoms with van der Waals surface area (Å²) in [5.41, 5.74) is 1.83. The van der Waals surface area contributed by atoms with Gasteiger partial charge < -0.3 is 0 Å². The Morgan fingerprint density at radius 2 is 1.78 bits per heavy atom. The summed E-state index contributed by atoms with van der Waals surface area (Å²) in [7, 11) is 0. The molecule has 1 aliphatic rings. The van der Waals surface area contributed by atoms with Crippen LogP contribution in [0.1, 0.15) is 25.8 Å². The van der Waals surface area contributed by atoms with E-state index in [2.05, 4.69) is 66.3 Å². The van der Waals surface area contributed by atoms with E-state index in [4.69, 9.17) is 0 Å². The molecule has 1 saturated heterocycles. The summed E-state index contributed by atoms with van der Waals surface area (Å²) >= 11 is -1.52. The summed E-state index contributed by atoms with van der Waals surface area (Å²) in [6.45, 7) is 7.27. The van der Waals surface area contributed by atoms with Crippen LogP contribution in [0.25, 0.3) is 0 Å². The van der Waals surface area contributed by atoms with E-state index in [1.165, 1.54) is 18.5 Å². The molecule has 0 N–H and O–H groups in total. The molecule has 0 aliphatic carbocycles. The molecule has 2 heteroatoms. The van der Waals surface area contributed by atoms with Gasteiger partial charge in [-0.3, -0.25) is 0 Å². The predicted octanol–water partition coefficient (Wildman–Crippen LogP) is 4.38. The van der Waals surface area contributed by atoms with Crippen molar-refractivity contribution in [1.82, 2.24) is 4.90 Å². The van der Waals surface area contributed by atoms with Gasteiger partial charge in [0.2, 0.25) is 0 Å². The molecule has 18 heavy (non-hydrogen) atoms. The van der Waals surface area contributed by atoms with Crippen molar-refractivity contribution in [3.8, 4) is 0 Å². The summed E-state index contributed by atoms with van der Waals surface area (Å²) in [6, 6.07) is 10.9. The first-order valence-electron chi connectivity index (χ1n) is 7.08. The topological polar surface area (TPSA) is 3.24 Å². The van der Waals surface area contributed by atoms with Crippen LogP contribution in [-0.4, -0.2) is 30.2 Å². The molecule has 1 heterocycles. The van der Waals surface area contributed by atoms with Crippen molar-refractivity contribution in [2.45, 2.75) is 54.4 Å². The molecule has 100 valence electrons. The molecule has 0 radical (unpaired) electrons. The Morgan fingerprint density at radius 3 is 2.28 bits per heavy atom. The molecule has 0 amide bonds. The zero-order valence-electron chi connectivity index (χ0n) is 12.5. The van der Waals surface area contributed by atoms with Crippen LogP contribution in [0.3, 0.4) is 0 Å². The van der Waals surface area contributed by atoms with Gasteiger partial charge in [0.05, 0.1) is 0 Å². The molecule has 0 spiro atoms. The van der Waals surface area contributed by atoms with Gasteiger partial charge in [-0.1, -0.05) is 0 Å². The predicted molar refractivity (Wildman–Crippen MR) is 82.6 cm³/mol. The molecule has 0 aromatic heterocycles. The van der Waals surface area contributed by atoms with E-state index in [1.807, 2.05) is 0 Å². The molecule has 2 rings (SSSR count). The fraction of sp³-hybridized carbons (Fsp3) is 0.625. The van der Waals surface area contributed by atoms with Crippen LogP contribution in [0.2, 0.25) is 22.0 Å². The van der Waals surface area contributed by atoms with Crippen LogP contribution in [0.15, 0.2) is 30.3 Å². The quantitative estimate of drug-likeness (QED) is 0.749. The molecule has 0 saturated carbocycles. The second-order valence-corrected chi connectivity index (χ2v) is 19.1. The average Bonchev–Trinajstić information content (AvgIpc) is 2.56. The summed E-state index contributed by atoms with van der Waals surface area (Å²) in [5, 5.41) is 0. The summed E-state index contributed by atoms with van der Waals surface area (Å²) < 4.78 is 0.990. The minimum atomic E-state index is -1.52. The molecule has 1 atom stereocenters. The third-order valence-corrected chi connectivity index (χ3v) is 10.4. The van der Waals surface area contributed by atoms with E-state index < -0.39 is 13.3 Å². The van der Waals surface area contributed by atoms with Crippen LogP contribution < -0.4 is 0 Å². The Bertz CT molecular complexity index is 391. The maximum absolute atomic E-state index is 2.70. The average molecular weight is 306 g/mol. The van der Waals surface area contributed by atoms with Crippen molar-refractivity contribution in [2.75, 3.05) is 6.54 Å². The van der Waals surface area contributed by atoms with E-state index in [-0.39, 0.29) is 0 Å². The fourth-order valence-corrected chi connectivity index (χ4v) is 6.92. The fourth-order valence-electron chi connectivity index (χ4n) is 2.97. The molecule has 0 bridgehead atoms. The zero-order chi connectivity index (χ0) is 13.4. The van der Waals surface area contributed by atoms with Gasteiger partial charge in [-0.25, -0.2) is 0 Å². The summed E-state index contributed by atoms with van der Waals surface area (Å²) in [5.74, 6) is 7.69. The molecule has 1 nitrogen and oxygen atoms in total. The SMILES string of the molecule is CC1(C)C[CH]([Ge]([CH3])([CH3])[CH3])CN1Cc1ccccc1. The number of nitrogens with zero attached hydrogens (tertiary/aromatic N) is 1. The van der Waals surface area contributed by atoms with Gasteiger partial charge in [-0.05, 0) is 0 Å². The van der Waals surface area contributed by atoms with Crippen LogP contribution >= 0.6 is 0 Å². The first kappa shape index (κ1) is 14.1. The first-order valence-corrected chi connectivity index (χ1v) is 14.6. The van der Waals surface area contributed by atoms with Gasteiger partial charge in [0, 0.05) is 0 Å². The van der Waals surface area contributed by atoms with Crippen LogP contribution in [-0.2, 0) is 6.54 Å². The molecular formula is C16H27GeN. The normalized spacial score (nSPS) is 24.4. The molecule has 1 aromatic carbocycles. The second kappa shape index (κ2) is 5.01. The van der Waals surface area contributed by atoms with Crippen molar-refractivity contribution < 1.29 is 0 Å². The summed E-state index contributed by atoms with van der Waals surface area (Å²) in [6.07, 6.45) is 1.39. The number of rotatable bonds is 3. The monoisotopic (exact) mass is 307 g/mol. The Kier molecular flexibility index (Phi) is 3.94. The standard InChI is InChI=1S/C16H27GeN/c1-16(2)11-15(17(3,4)5)13-18(16)12-14-9-7-6-8-10-14/h6-10,15H,11-13H2,1-5H3. The number of hydrogen-bond acceptors (Lipinski definition) is 1. The van der Waals surface area contributed by atoms with Gasteiger partial charge in [0.25, 0.3) is 0 Å². The van der Waals surface area contributed by atoms with Crippen molar-refractivity contribution in [3.63, 3.8) is 0 Å².